The minimum Gasteiger partial charge on any atom is -0.493 e. The van der Waals surface area contributed by atoms with E-state index in [2.05, 4.69) is 30.0 Å². The number of benzene rings is 1. The Morgan fingerprint density at radius 3 is 2.43 bits per heavy atom. The Hall–Kier alpha value is -2.22. The highest BCUT2D eigenvalue weighted by Gasteiger charge is 2.27. The quantitative estimate of drug-likeness (QED) is 0.492. The molecule has 28 heavy (non-hydrogen) atoms. The van der Waals surface area contributed by atoms with E-state index in [1.807, 2.05) is 0 Å². The summed E-state index contributed by atoms with van der Waals surface area (Å²) in [6, 6.07) is 3.85. The van der Waals surface area contributed by atoms with Crippen molar-refractivity contribution in [3.63, 3.8) is 0 Å². The van der Waals surface area contributed by atoms with Crippen LogP contribution in [0.4, 0.5) is 0 Å². The number of carbonyl (C=O) groups is 1. The smallest absolute Gasteiger partial charge is 0.242 e. The molecule has 1 fully saturated rings. The number of ether oxygens (including phenoxy) is 3. The van der Waals surface area contributed by atoms with Crippen LogP contribution in [0, 0.1) is 11.8 Å². The highest BCUT2D eigenvalue weighted by Crippen LogP contribution is 2.39. The lowest BCUT2D eigenvalue weighted by Crippen LogP contribution is -2.52. The number of methoxy groups -OCH3 is 3. The molecule has 156 valence electrons. The van der Waals surface area contributed by atoms with Gasteiger partial charge in [-0.3, -0.25) is 15.6 Å². The second-order valence-electron chi connectivity index (χ2n) is 7.19. The summed E-state index contributed by atoms with van der Waals surface area (Å²) in [6.07, 6.45) is 3.64. The number of nitrogens with one attached hydrogen (secondary N) is 3. The third kappa shape index (κ3) is 5.41. The third-order valence-electron chi connectivity index (χ3n) is 5.48. The van der Waals surface area contributed by atoms with Crippen LogP contribution in [0.25, 0.3) is 0 Å². The van der Waals surface area contributed by atoms with E-state index in [1.54, 1.807) is 19.2 Å². The van der Waals surface area contributed by atoms with E-state index in [0.717, 1.165) is 6.42 Å². The third-order valence-corrected chi connectivity index (χ3v) is 5.70. The molecule has 1 amide bonds. The lowest BCUT2D eigenvalue weighted by atomic mass is 9.78. The second kappa shape index (κ2) is 10.4. The lowest BCUT2D eigenvalue weighted by Gasteiger charge is -2.35. The van der Waals surface area contributed by atoms with Gasteiger partial charge in [0.1, 0.15) is 0 Å². The van der Waals surface area contributed by atoms with E-state index in [1.165, 1.54) is 27.1 Å². The van der Waals surface area contributed by atoms with E-state index < -0.39 is 0 Å². The van der Waals surface area contributed by atoms with Gasteiger partial charge in [0.2, 0.25) is 11.7 Å². The molecule has 1 saturated carbocycles. The summed E-state index contributed by atoms with van der Waals surface area (Å²) in [7, 11) is 4.61. The number of hydrazine groups is 1. The zero-order chi connectivity index (χ0) is 20.7. The van der Waals surface area contributed by atoms with Crippen molar-refractivity contribution in [2.75, 3.05) is 21.3 Å². The summed E-state index contributed by atoms with van der Waals surface area (Å²) >= 11 is 5.33. The number of thiocarbonyl (C=S) groups is 1. The first-order valence-corrected chi connectivity index (χ1v) is 9.95. The minimum absolute atomic E-state index is 0.107. The second-order valence-corrected chi connectivity index (χ2v) is 7.60. The number of amides is 1. The average molecular weight is 410 g/mol. The predicted molar refractivity (Wildman–Crippen MR) is 113 cm³/mol. The van der Waals surface area contributed by atoms with Crippen molar-refractivity contribution in [2.24, 2.45) is 11.8 Å². The highest BCUT2D eigenvalue weighted by molar-refractivity contribution is 7.80. The molecule has 0 saturated heterocycles. The standard InChI is InChI=1S/C20H31N3O4S/c1-12-7-6-8-15(13(12)2)21-20(28)23-22-17(24)11-14-9-10-16(25-3)19(27-5)18(14)26-4/h9-10,12-13,15H,6-8,11H2,1-5H3,(H,22,24)(H2,21,23,28)/t12-,13+,15+/m0/s1. The number of rotatable bonds is 6. The molecule has 1 aromatic carbocycles. The Morgan fingerprint density at radius 2 is 1.79 bits per heavy atom. The molecule has 0 spiro atoms. The van der Waals surface area contributed by atoms with Crippen LogP contribution in [0.15, 0.2) is 12.1 Å². The monoisotopic (exact) mass is 409 g/mol. The van der Waals surface area contributed by atoms with E-state index >= 15 is 0 Å². The van der Waals surface area contributed by atoms with Crippen molar-refractivity contribution in [2.45, 2.75) is 45.6 Å². The van der Waals surface area contributed by atoms with Gasteiger partial charge in [0.05, 0.1) is 27.8 Å². The summed E-state index contributed by atoms with van der Waals surface area (Å²) in [6.45, 7) is 4.51. The molecule has 3 atom stereocenters. The highest BCUT2D eigenvalue weighted by atomic mass is 32.1. The van der Waals surface area contributed by atoms with Gasteiger partial charge in [-0.25, -0.2) is 0 Å². The van der Waals surface area contributed by atoms with E-state index in [0.29, 0.717) is 45.8 Å². The molecular formula is C20H31N3O4S. The Bertz CT molecular complexity index is 698. The van der Waals surface area contributed by atoms with Gasteiger partial charge >= 0.3 is 0 Å². The van der Waals surface area contributed by atoms with E-state index in [4.69, 9.17) is 26.4 Å². The first-order chi connectivity index (χ1) is 13.4. The Kier molecular flexibility index (Phi) is 8.17. The molecular weight excluding hydrogens is 378 g/mol. The van der Waals surface area contributed by atoms with Gasteiger partial charge in [-0.2, -0.15) is 0 Å². The summed E-state index contributed by atoms with van der Waals surface area (Å²) in [5.74, 6) is 2.45. The molecule has 7 nitrogen and oxygen atoms in total. The molecule has 2 rings (SSSR count). The van der Waals surface area contributed by atoms with Crippen molar-refractivity contribution in [3.8, 4) is 17.2 Å². The molecule has 0 aromatic heterocycles. The van der Waals surface area contributed by atoms with Gasteiger partial charge in [-0.15, -0.1) is 0 Å². The summed E-state index contributed by atoms with van der Waals surface area (Å²) in [5.41, 5.74) is 6.13. The van der Waals surface area contributed by atoms with Crippen LogP contribution in [0.1, 0.15) is 38.7 Å². The van der Waals surface area contributed by atoms with Crippen LogP contribution in [-0.4, -0.2) is 38.4 Å². The first-order valence-electron chi connectivity index (χ1n) is 9.54. The van der Waals surface area contributed by atoms with Crippen molar-refractivity contribution in [1.82, 2.24) is 16.2 Å². The maximum atomic E-state index is 12.4. The molecule has 0 aliphatic heterocycles. The molecule has 1 aromatic rings. The lowest BCUT2D eigenvalue weighted by molar-refractivity contribution is -0.121. The molecule has 3 N–H and O–H groups in total. The van der Waals surface area contributed by atoms with Crippen LogP contribution in [0.3, 0.4) is 0 Å². The van der Waals surface area contributed by atoms with Crippen LogP contribution in [0.5, 0.6) is 17.2 Å². The maximum absolute atomic E-state index is 12.4. The van der Waals surface area contributed by atoms with Gasteiger partial charge in [0.15, 0.2) is 16.6 Å². The fourth-order valence-corrected chi connectivity index (χ4v) is 3.84. The molecule has 0 heterocycles. The number of hydrogen-bond acceptors (Lipinski definition) is 5. The Morgan fingerprint density at radius 1 is 1.07 bits per heavy atom. The molecule has 8 heteroatoms. The van der Waals surface area contributed by atoms with E-state index in [-0.39, 0.29) is 12.3 Å². The van der Waals surface area contributed by atoms with Crippen molar-refractivity contribution >= 4 is 23.2 Å². The fourth-order valence-electron chi connectivity index (χ4n) is 3.64. The first kappa shape index (κ1) is 22.1. The SMILES string of the molecule is COc1ccc(CC(=O)NNC(=S)N[C@@H]2CCC[C@H](C)[C@H]2C)c(OC)c1OC. The minimum atomic E-state index is -0.236. The Labute approximate surface area is 172 Å². The zero-order valence-electron chi connectivity index (χ0n) is 17.3. The van der Waals surface area contributed by atoms with Gasteiger partial charge < -0.3 is 19.5 Å². The largest absolute Gasteiger partial charge is 0.493 e. The zero-order valence-corrected chi connectivity index (χ0v) is 18.1. The fraction of sp³-hybridized carbons (Fsp3) is 0.600. The number of carbonyl (C=O) groups excluding carboxylic acids is 1. The number of hydrogen-bond donors (Lipinski definition) is 3. The van der Waals surface area contributed by atoms with Crippen LogP contribution < -0.4 is 30.4 Å². The normalized spacial score (nSPS) is 21.4. The van der Waals surface area contributed by atoms with Crippen LogP contribution >= 0.6 is 12.2 Å². The van der Waals surface area contributed by atoms with Crippen LogP contribution in [-0.2, 0) is 11.2 Å². The molecule has 1 aliphatic carbocycles. The van der Waals surface area contributed by atoms with Crippen molar-refractivity contribution < 1.29 is 19.0 Å². The van der Waals surface area contributed by atoms with Gasteiger partial charge in [0, 0.05) is 11.6 Å². The summed E-state index contributed by atoms with van der Waals surface area (Å²) < 4.78 is 16.0. The average Bonchev–Trinajstić information content (AvgIpc) is 2.69. The molecule has 0 unspecified atom stereocenters. The van der Waals surface area contributed by atoms with Crippen molar-refractivity contribution in [1.29, 1.82) is 0 Å². The predicted octanol–water partition coefficient (Wildman–Crippen LogP) is 2.57. The molecule has 1 aliphatic rings. The van der Waals surface area contributed by atoms with Crippen molar-refractivity contribution in [3.05, 3.63) is 17.7 Å². The topological polar surface area (TPSA) is 80.9 Å². The van der Waals surface area contributed by atoms with Gasteiger partial charge in [0.25, 0.3) is 0 Å². The summed E-state index contributed by atoms with van der Waals surface area (Å²) in [4.78, 5) is 12.4. The maximum Gasteiger partial charge on any atom is 0.242 e. The van der Waals surface area contributed by atoms with Crippen LogP contribution in [0.2, 0.25) is 0 Å². The molecule has 0 bridgehead atoms. The van der Waals surface area contributed by atoms with Gasteiger partial charge in [-0.1, -0.05) is 32.8 Å². The summed E-state index contributed by atoms with van der Waals surface area (Å²) in [5, 5.41) is 3.75. The van der Waals surface area contributed by atoms with E-state index in [9.17, 15) is 4.79 Å². The van der Waals surface area contributed by atoms with Gasteiger partial charge in [-0.05, 0) is 36.5 Å². The Balaban J connectivity index is 1.91. The molecule has 0 radical (unpaired) electrons.